The van der Waals surface area contributed by atoms with Gasteiger partial charge in [-0.05, 0) is 81.0 Å². The Balaban J connectivity index is 1.15. The average molecular weight is 585 g/mol. The fraction of sp³-hybridized carbons (Fsp3) is 0.483. The van der Waals surface area contributed by atoms with E-state index in [0.717, 1.165) is 24.6 Å². The van der Waals surface area contributed by atoms with Crippen molar-refractivity contribution in [3.8, 4) is 6.07 Å². The third-order valence-electron chi connectivity index (χ3n) is 7.56. The number of rotatable bonds is 9. The molecule has 2 aromatic carbocycles. The first-order valence-electron chi connectivity index (χ1n) is 14.0. The van der Waals surface area contributed by atoms with Gasteiger partial charge in [0.1, 0.15) is 6.61 Å². The molecule has 0 unspecified atom stereocenters. The number of nitrogens with one attached hydrogen (secondary N) is 4. The van der Waals surface area contributed by atoms with Crippen molar-refractivity contribution < 1.29 is 22.7 Å². The monoisotopic (exact) mass is 584 g/mol. The largest absolute Gasteiger partial charge is 0.417 e. The summed E-state index contributed by atoms with van der Waals surface area (Å²) in [5, 5.41) is 30.9. The van der Waals surface area contributed by atoms with E-state index in [2.05, 4.69) is 26.4 Å². The van der Waals surface area contributed by atoms with E-state index in [0.29, 0.717) is 50.0 Å². The highest BCUT2D eigenvalue weighted by Gasteiger charge is 2.34. The molecule has 1 heterocycles. The van der Waals surface area contributed by atoms with E-state index in [-0.39, 0.29) is 36.5 Å². The molecule has 1 saturated carbocycles. The number of hydrogen-bond acceptors (Lipinski definition) is 7. The van der Waals surface area contributed by atoms with Crippen molar-refractivity contribution in [2.45, 2.75) is 62.9 Å². The van der Waals surface area contributed by atoms with Crippen LogP contribution in [0.1, 0.15) is 55.2 Å². The number of likely N-dealkylation sites (tertiary alicyclic amines) is 1. The predicted molar refractivity (Wildman–Crippen MR) is 152 cm³/mol. The lowest BCUT2D eigenvalue weighted by atomic mass is 9.92. The smallest absolute Gasteiger partial charge is 0.382 e. The summed E-state index contributed by atoms with van der Waals surface area (Å²) in [4.78, 5) is 14.6. The van der Waals surface area contributed by atoms with Gasteiger partial charge in [0.2, 0.25) is 5.91 Å². The lowest BCUT2D eigenvalue weighted by Crippen LogP contribution is -2.44. The highest BCUT2D eigenvalue weighted by molar-refractivity contribution is 5.96. The zero-order valence-electron chi connectivity index (χ0n) is 23.4. The normalized spacial score (nSPS) is 19.7. The summed E-state index contributed by atoms with van der Waals surface area (Å²) in [5.41, 5.74) is 3.13. The summed E-state index contributed by atoms with van der Waals surface area (Å²) >= 11 is 0. The molecule has 13 heteroatoms. The topological polar surface area (TPSA) is 138 Å². The average Bonchev–Trinajstić information content (AvgIpc) is 2.99. The molecule has 4 N–H and O–H groups in total. The zero-order chi connectivity index (χ0) is 30.1. The maximum atomic E-state index is 13.3. The van der Waals surface area contributed by atoms with Crippen molar-refractivity contribution in [2.75, 3.05) is 37.4 Å². The van der Waals surface area contributed by atoms with Crippen molar-refractivity contribution in [3.63, 3.8) is 0 Å². The van der Waals surface area contributed by atoms with Gasteiger partial charge in [-0.2, -0.15) is 18.4 Å². The number of hydrogen-bond donors (Lipinski definition) is 4. The molecule has 0 bridgehead atoms. The van der Waals surface area contributed by atoms with Gasteiger partial charge in [-0.1, -0.05) is 5.22 Å². The van der Waals surface area contributed by atoms with E-state index >= 15 is 0 Å². The minimum atomic E-state index is -4.59. The molecule has 1 aliphatic heterocycles. The van der Waals surface area contributed by atoms with E-state index in [1.54, 1.807) is 13.1 Å². The number of ether oxygens (including phenoxy) is 1. The first kappa shape index (κ1) is 30.8. The van der Waals surface area contributed by atoms with Crippen molar-refractivity contribution >= 4 is 23.1 Å². The number of alkyl halides is 3. The predicted octanol–water partition coefficient (Wildman–Crippen LogP) is 5.33. The molecule has 2 aliphatic rings. The van der Waals surface area contributed by atoms with Crippen LogP contribution in [0.5, 0.6) is 0 Å². The highest BCUT2D eigenvalue weighted by Crippen LogP contribution is 2.34. The minimum Gasteiger partial charge on any atom is -0.382 e. The Bertz CT molecular complexity index is 1290. The number of amides is 1. The molecule has 1 saturated heterocycles. The van der Waals surface area contributed by atoms with Gasteiger partial charge in [0.15, 0.2) is 5.84 Å². The summed E-state index contributed by atoms with van der Waals surface area (Å²) in [7, 11) is 1.62. The molecule has 0 spiro atoms. The van der Waals surface area contributed by atoms with Gasteiger partial charge in [-0.3, -0.25) is 15.6 Å². The van der Waals surface area contributed by atoms with E-state index in [9.17, 15) is 18.0 Å². The third kappa shape index (κ3) is 8.42. The molecule has 1 amide bonds. The number of nitrogens with zero attached hydrogens (tertiary/aromatic N) is 4. The van der Waals surface area contributed by atoms with Crippen LogP contribution in [-0.4, -0.2) is 61.6 Å². The second-order valence-corrected chi connectivity index (χ2v) is 10.4. The van der Waals surface area contributed by atoms with Crippen LogP contribution in [-0.2, 0) is 15.7 Å². The van der Waals surface area contributed by atoms with Crippen LogP contribution in [0.25, 0.3) is 0 Å². The lowest BCUT2D eigenvalue weighted by molar-refractivity contribution is -0.140. The Hall–Kier alpha value is -4.18. The Labute approximate surface area is 242 Å². The summed E-state index contributed by atoms with van der Waals surface area (Å²) < 4.78 is 45.7. The molecular formula is C29H35F3N8O2. The van der Waals surface area contributed by atoms with E-state index < -0.39 is 17.3 Å². The number of halogens is 3. The zero-order valence-corrected chi connectivity index (χ0v) is 23.4. The summed E-state index contributed by atoms with van der Waals surface area (Å²) in [6, 6.07) is 12.9. The minimum absolute atomic E-state index is 0.00618. The number of benzene rings is 2. The summed E-state index contributed by atoms with van der Waals surface area (Å²) in [6.07, 6.45) is -0.220. The third-order valence-corrected chi connectivity index (χ3v) is 7.56. The Morgan fingerprint density at radius 1 is 1.02 bits per heavy atom. The van der Waals surface area contributed by atoms with Crippen molar-refractivity contribution in [3.05, 3.63) is 59.2 Å². The van der Waals surface area contributed by atoms with Gasteiger partial charge in [-0.15, -0.1) is 5.11 Å². The molecule has 0 radical (unpaired) electrons. The fourth-order valence-electron chi connectivity index (χ4n) is 5.25. The maximum Gasteiger partial charge on any atom is 0.417 e. The Kier molecular flexibility index (Phi) is 10.4. The summed E-state index contributed by atoms with van der Waals surface area (Å²) in [6.45, 7) is 1.28. The quantitative estimate of drug-likeness (QED) is 0.136. The molecule has 1 aliphatic carbocycles. The standard InChI is InChI=1S/C29H35F3N8O2/c1-35-39-38-28(34)19-2-5-21(6-3-19)36-23-12-14-40(15-13-23)27(41)18-42-25-10-8-22(9-11-25)37-24-7-4-20(17-33)26(16-24)29(30,31)32/h2-7,16,22-23,25,36-37H,8-15,18H2,1H3,(H2,34,35,38). The van der Waals surface area contributed by atoms with Gasteiger partial charge in [0.25, 0.3) is 0 Å². The first-order valence-corrected chi connectivity index (χ1v) is 14.0. The van der Waals surface area contributed by atoms with Crippen LogP contribution < -0.4 is 16.1 Å². The molecule has 0 atom stereocenters. The van der Waals surface area contributed by atoms with E-state index in [1.807, 2.05) is 29.2 Å². The SMILES string of the molecule is CN/N=N\C(=N)c1ccc(NC2CCN(C(=O)COC3CCC(Nc4ccc(C#N)c(C(F)(F)F)c4)CC3)CC2)cc1. The van der Waals surface area contributed by atoms with Crippen molar-refractivity contribution in [1.29, 1.82) is 10.7 Å². The van der Waals surface area contributed by atoms with Crippen molar-refractivity contribution in [1.82, 2.24) is 10.3 Å². The number of nitriles is 1. The molecule has 10 nitrogen and oxygen atoms in total. The molecule has 2 fully saturated rings. The van der Waals surface area contributed by atoms with Gasteiger partial charge < -0.3 is 20.3 Å². The molecule has 224 valence electrons. The number of anilines is 2. The van der Waals surface area contributed by atoms with E-state index in [1.165, 1.54) is 12.1 Å². The van der Waals surface area contributed by atoms with Crippen LogP contribution in [0.3, 0.4) is 0 Å². The molecule has 0 aromatic heterocycles. The van der Waals surface area contributed by atoms with Crippen LogP contribution >= 0.6 is 0 Å². The van der Waals surface area contributed by atoms with Gasteiger partial charge >= 0.3 is 6.18 Å². The number of carbonyl (C=O) groups is 1. The van der Waals surface area contributed by atoms with Crippen LogP contribution in [0.2, 0.25) is 0 Å². The lowest BCUT2D eigenvalue weighted by Gasteiger charge is -2.34. The van der Waals surface area contributed by atoms with Gasteiger partial charge in [-0.25, -0.2) is 0 Å². The Morgan fingerprint density at radius 2 is 1.64 bits per heavy atom. The van der Waals surface area contributed by atoms with E-state index in [4.69, 9.17) is 15.4 Å². The number of amidine groups is 1. The Morgan fingerprint density at radius 3 is 2.26 bits per heavy atom. The summed E-state index contributed by atoms with van der Waals surface area (Å²) in [5.74, 6) is 0.0327. The van der Waals surface area contributed by atoms with Crippen LogP contribution in [0.15, 0.2) is 52.8 Å². The van der Waals surface area contributed by atoms with Crippen LogP contribution in [0.4, 0.5) is 24.5 Å². The molecular weight excluding hydrogens is 549 g/mol. The van der Waals surface area contributed by atoms with Gasteiger partial charge in [0.05, 0.1) is 23.3 Å². The van der Waals surface area contributed by atoms with Crippen LogP contribution in [0, 0.1) is 16.7 Å². The molecule has 2 aromatic rings. The maximum absolute atomic E-state index is 13.3. The van der Waals surface area contributed by atoms with Gasteiger partial charge in [0, 0.05) is 49.2 Å². The second kappa shape index (κ2) is 14.1. The fourth-order valence-corrected chi connectivity index (χ4v) is 5.25. The first-order chi connectivity index (χ1) is 20.2. The number of piperidine rings is 1. The number of carbonyl (C=O) groups excluding carboxylic acids is 1. The molecule has 42 heavy (non-hydrogen) atoms. The van der Waals surface area contributed by atoms with Crippen molar-refractivity contribution in [2.24, 2.45) is 10.3 Å². The molecule has 4 rings (SSSR count). The highest BCUT2D eigenvalue weighted by atomic mass is 19.4. The second-order valence-electron chi connectivity index (χ2n) is 10.4.